The molecule has 3 aromatic rings. The minimum absolute atomic E-state index is 0.00401. The second kappa shape index (κ2) is 9.58. The van der Waals surface area contributed by atoms with Crippen molar-refractivity contribution in [2.75, 3.05) is 30.0 Å². The largest absolute Gasteiger partial charge is 0.480 e. The zero-order chi connectivity index (χ0) is 24.4. The number of nitrogens with zero attached hydrogens (tertiary/aromatic N) is 6. The van der Waals surface area contributed by atoms with Crippen molar-refractivity contribution < 1.29 is 13.9 Å². The number of anilines is 2. The molecule has 2 aliphatic heterocycles. The van der Waals surface area contributed by atoms with Crippen molar-refractivity contribution in [2.24, 2.45) is 0 Å². The van der Waals surface area contributed by atoms with Gasteiger partial charge in [-0.25, -0.2) is 14.2 Å². The zero-order valence-electron chi connectivity index (χ0n) is 19.4. The lowest BCUT2D eigenvalue weighted by atomic mass is 9.99. The molecule has 1 saturated heterocycles. The van der Waals surface area contributed by atoms with Crippen molar-refractivity contribution in [3.05, 3.63) is 77.5 Å². The van der Waals surface area contributed by atoms with E-state index >= 15 is 0 Å². The van der Waals surface area contributed by atoms with Gasteiger partial charge in [0.2, 0.25) is 5.88 Å². The number of rotatable bonds is 5. The van der Waals surface area contributed by atoms with E-state index in [1.165, 1.54) is 13.2 Å². The van der Waals surface area contributed by atoms with Crippen molar-refractivity contribution in [2.45, 2.75) is 32.0 Å². The van der Waals surface area contributed by atoms with Crippen LogP contribution in [0.5, 0.6) is 5.88 Å². The lowest BCUT2D eigenvalue weighted by Gasteiger charge is -2.44. The molecule has 0 N–H and O–H groups in total. The summed E-state index contributed by atoms with van der Waals surface area (Å²) in [5.74, 6) is -0.00373. The van der Waals surface area contributed by atoms with Gasteiger partial charge in [-0.1, -0.05) is 24.3 Å². The third-order valence-electron chi connectivity index (χ3n) is 6.67. The number of benzene rings is 2. The Morgan fingerprint density at radius 1 is 1.11 bits per heavy atom. The number of hydrogen-bond donors (Lipinski definition) is 0. The predicted octanol–water partition coefficient (Wildman–Crippen LogP) is 4.11. The van der Waals surface area contributed by atoms with Crippen LogP contribution >= 0.6 is 0 Å². The van der Waals surface area contributed by atoms with E-state index in [0.29, 0.717) is 55.3 Å². The second-order valence-electron chi connectivity index (χ2n) is 8.60. The molecule has 1 aromatic heterocycles. The molecule has 35 heavy (non-hydrogen) atoms. The van der Waals surface area contributed by atoms with E-state index in [4.69, 9.17) is 4.74 Å². The summed E-state index contributed by atoms with van der Waals surface area (Å²) in [5.41, 5.74) is 3.16. The molecule has 0 atom stereocenters. The first-order valence-corrected chi connectivity index (χ1v) is 11.5. The second-order valence-corrected chi connectivity index (χ2v) is 8.60. The molecule has 3 heterocycles. The van der Waals surface area contributed by atoms with Crippen molar-refractivity contribution >= 4 is 17.4 Å². The van der Waals surface area contributed by atoms with Gasteiger partial charge < -0.3 is 14.5 Å². The summed E-state index contributed by atoms with van der Waals surface area (Å²) in [6.45, 7) is 1.87. The number of halogens is 1. The van der Waals surface area contributed by atoms with E-state index in [9.17, 15) is 14.4 Å². The number of carbonyl (C=O) groups excluding carboxylic acids is 1. The first kappa shape index (κ1) is 22.6. The van der Waals surface area contributed by atoms with Crippen molar-refractivity contribution in [3.63, 3.8) is 0 Å². The fourth-order valence-corrected chi connectivity index (χ4v) is 4.97. The molecule has 0 spiro atoms. The van der Waals surface area contributed by atoms with E-state index in [2.05, 4.69) is 16.0 Å². The maximum atomic E-state index is 14.5. The lowest BCUT2D eigenvalue weighted by Crippen LogP contribution is -2.54. The number of ether oxygens (including phenoxy) is 1. The first-order valence-electron chi connectivity index (χ1n) is 11.5. The number of aromatic nitrogens is 2. The Morgan fingerprint density at radius 3 is 2.66 bits per heavy atom. The number of nitriles is 1. The summed E-state index contributed by atoms with van der Waals surface area (Å²) in [7, 11) is 1.53. The Labute approximate surface area is 203 Å². The van der Waals surface area contributed by atoms with Crippen LogP contribution in [0.4, 0.5) is 20.6 Å². The number of amides is 2. The van der Waals surface area contributed by atoms with E-state index in [0.717, 1.165) is 11.3 Å². The number of fused-ring (bicyclic) bond motifs is 1. The van der Waals surface area contributed by atoms with Gasteiger partial charge in [-0.05, 0) is 36.6 Å². The van der Waals surface area contributed by atoms with Crippen LogP contribution < -0.4 is 14.5 Å². The standard InChI is InChI=1S/C26H25FN6O2/c1-35-25-22(29-11-12-30-25)17-33-23-8-3-2-5-19(23)16-32(26(33)34)20-9-13-31(14-10-20)24-18(15-28)6-4-7-21(24)27/h2-8,11-12,20H,9-10,13-14,16-17H2,1H3. The summed E-state index contributed by atoms with van der Waals surface area (Å²) in [6.07, 6.45) is 4.50. The van der Waals surface area contributed by atoms with Crippen LogP contribution in [0.15, 0.2) is 54.9 Å². The normalized spacial score (nSPS) is 16.1. The first-order chi connectivity index (χ1) is 17.1. The molecule has 178 valence electrons. The van der Waals surface area contributed by atoms with Crippen LogP contribution in [0, 0.1) is 17.1 Å². The number of urea groups is 1. The van der Waals surface area contributed by atoms with Crippen molar-refractivity contribution in [1.29, 1.82) is 5.26 Å². The summed E-state index contributed by atoms with van der Waals surface area (Å²) >= 11 is 0. The summed E-state index contributed by atoms with van der Waals surface area (Å²) < 4.78 is 19.9. The van der Waals surface area contributed by atoms with Gasteiger partial charge in [0.1, 0.15) is 17.6 Å². The Kier molecular flexibility index (Phi) is 6.19. The van der Waals surface area contributed by atoms with E-state index in [-0.39, 0.29) is 18.6 Å². The monoisotopic (exact) mass is 472 g/mol. The van der Waals surface area contributed by atoms with Gasteiger partial charge in [-0.2, -0.15) is 5.26 Å². The molecular formula is C26H25FN6O2. The van der Waals surface area contributed by atoms with Gasteiger partial charge in [0, 0.05) is 38.1 Å². The Morgan fingerprint density at radius 2 is 1.89 bits per heavy atom. The van der Waals surface area contributed by atoms with Gasteiger partial charge in [0.25, 0.3) is 0 Å². The number of hydrogen-bond acceptors (Lipinski definition) is 6. The van der Waals surface area contributed by atoms with E-state index < -0.39 is 5.82 Å². The van der Waals surface area contributed by atoms with Crippen LogP contribution in [0.1, 0.15) is 29.7 Å². The minimum Gasteiger partial charge on any atom is -0.480 e. The average Bonchev–Trinajstić information content (AvgIpc) is 2.90. The molecule has 0 radical (unpaired) electrons. The molecule has 0 bridgehead atoms. The van der Waals surface area contributed by atoms with Gasteiger partial charge >= 0.3 is 6.03 Å². The van der Waals surface area contributed by atoms with Crippen LogP contribution in [-0.2, 0) is 13.1 Å². The average molecular weight is 473 g/mol. The summed E-state index contributed by atoms with van der Waals surface area (Å²) in [4.78, 5) is 27.9. The van der Waals surface area contributed by atoms with Crippen molar-refractivity contribution in [3.8, 4) is 11.9 Å². The molecule has 2 aromatic carbocycles. The fraction of sp³-hybridized carbons (Fsp3) is 0.308. The summed E-state index contributed by atoms with van der Waals surface area (Å²) in [5, 5.41) is 9.42. The third kappa shape index (κ3) is 4.23. The fourth-order valence-electron chi connectivity index (χ4n) is 4.97. The van der Waals surface area contributed by atoms with Gasteiger partial charge in [-0.3, -0.25) is 9.88 Å². The molecule has 0 unspecified atom stereocenters. The highest BCUT2D eigenvalue weighted by atomic mass is 19.1. The predicted molar refractivity (Wildman–Crippen MR) is 128 cm³/mol. The molecule has 1 fully saturated rings. The third-order valence-corrected chi connectivity index (χ3v) is 6.67. The molecule has 0 aliphatic carbocycles. The quantitative estimate of drug-likeness (QED) is 0.556. The maximum absolute atomic E-state index is 14.5. The number of piperidine rings is 1. The van der Waals surface area contributed by atoms with Crippen LogP contribution in [0.3, 0.4) is 0 Å². The zero-order valence-corrected chi connectivity index (χ0v) is 19.4. The van der Waals surface area contributed by atoms with Gasteiger partial charge in [0.15, 0.2) is 0 Å². The highest BCUT2D eigenvalue weighted by molar-refractivity contribution is 5.95. The van der Waals surface area contributed by atoms with Crippen LogP contribution in [0.25, 0.3) is 0 Å². The van der Waals surface area contributed by atoms with E-state index in [1.807, 2.05) is 34.1 Å². The molecular weight excluding hydrogens is 447 g/mol. The minimum atomic E-state index is -0.394. The number of para-hydroxylation sites is 2. The number of carbonyl (C=O) groups is 1. The molecule has 8 nitrogen and oxygen atoms in total. The highest BCUT2D eigenvalue weighted by Gasteiger charge is 2.37. The van der Waals surface area contributed by atoms with Gasteiger partial charge in [-0.15, -0.1) is 0 Å². The SMILES string of the molecule is COc1nccnc1CN1C(=O)N(C2CCN(c3c(F)cccc3C#N)CC2)Cc2ccccc21. The topological polar surface area (TPSA) is 85.6 Å². The smallest absolute Gasteiger partial charge is 0.325 e. The number of methoxy groups -OCH3 is 1. The Hall–Kier alpha value is -4.19. The Bertz CT molecular complexity index is 1280. The molecule has 2 amide bonds. The maximum Gasteiger partial charge on any atom is 0.325 e. The molecule has 2 aliphatic rings. The summed E-state index contributed by atoms with van der Waals surface area (Å²) in [6, 6.07) is 14.4. The molecule has 5 rings (SSSR count). The molecule has 9 heteroatoms. The molecule has 0 saturated carbocycles. The van der Waals surface area contributed by atoms with Crippen LogP contribution in [-0.4, -0.2) is 47.1 Å². The Balaban J connectivity index is 1.38. The van der Waals surface area contributed by atoms with Crippen LogP contribution in [0.2, 0.25) is 0 Å². The lowest BCUT2D eigenvalue weighted by molar-refractivity contribution is 0.159. The van der Waals surface area contributed by atoms with E-state index in [1.54, 1.807) is 29.4 Å². The highest BCUT2D eigenvalue weighted by Crippen LogP contribution is 2.35. The van der Waals surface area contributed by atoms with Crippen molar-refractivity contribution in [1.82, 2.24) is 14.9 Å². The van der Waals surface area contributed by atoms with Gasteiger partial charge in [0.05, 0.1) is 30.6 Å².